The largest absolute Gasteiger partial charge is 0.478 e. The van der Waals surface area contributed by atoms with E-state index in [0.717, 1.165) is 11.8 Å². The molecular formula is C24H17ClN4O4S. The van der Waals surface area contributed by atoms with Gasteiger partial charge in [-0.05, 0) is 42.5 Å². The summed E-state index contributed by atoms with van der Waals surface area (Å²) in [6.07, 6.45) is 1.27. The van der Waals surface area contributed by atoms with Crippen LogP contribution in [0.15, 0.2) is 87.8 Å². The van der Waals surface area contributed by atoms with Gasteiger partial charge in [-0.3, -0.25) is 14.2 Å². The Kier molecular flexibility index (Phi) is 7.05. The Morgan fingerprint density at radius 3 is 2.53 bits per heavy atom. The molecule has 4 aromatic rings. The van der Waals surface area contributed by atoms with Crippen LogP contribution in [-0.4, -0.2) is 38.5 Å². The molecule has 0 radical (unpaired) electrons. The number of aromatic nitrogens is 2. The summed E-state index contributed by atoms with van der Waals surface area (Å²) < 4.78 is 1.43. The highest BCUT2D eigenvalue weighted by Crippen LogP contribution is 2.22. The van der Waals surface area contributed by atoms with Gasteiger partial charge in [0, 0.05) is 10.6 Å². The lowest BCUT2D eigenvalue weighted by atomic mass is 10.1. The van der Waals surface area contributed by atoms with E-state index < -0.39 is 11.9 Å². The number of nitrogens with one attached hydrogen (secondary N) is 1. The summed E-state index contributed by atoms with van der Waals surface area (Å²) in [6, 6.07) is 20.0. The maximum atomic E-state index is 13.2. The van der Waals surface area contributed by atoms with E-state index in [-0.39, 0.29) is 16.9 Å². The average Bonchev–Trinajstić information content (AvgIpc) is 2.84. The number of hydrogen-bond acceptors (Lipinski definition) is 6. The molecule has 170 valence electrons. The highest BCUT2D eigenvalue weighted by molar-refractivity contribution is 7.99. The van der Waals surface area contributed by atoms with Gasteiger partial charge in [-0.2, -0.15) is 5.10 Å². The molecule has 0 saturated heterocycles. The van der Waals surface area contributed by atoms with Gasteiger partial charge in [-0.15, -0.1) is 0 Å². The van der Waals surface area contributed by atoms with E-state index in [1.54, 1.807) is 66.7 Å². The van der Waals surface area contributed by atoms with Crippen LogP contribution in [-0.2, 0) is 4.79 Å². The number of carboxylic acid groups (broad SMARTS) is 1. The van der Waals surface area contributed by atoms with Gasteiger partial charge in [-0.1, -0.05) is 53.7 Å². The molecule has 0 aliphatic rings. The fraction of sp³-hybridized carbons (Fsp3) is 0.0417. The third-order valence-corrected chi connectivity index (χ3v) is 5.94. The summed E-state index contributed by atoms with van der Waals surface area (Å²) >= 11 is 7.07. The zero-order chi connectivity index (χ0) is 24.1. The number of hydrazone groups is 1. The molecule has 1 amide bonds. The number of hydrogen-bond donors (Lipinski definition) is 2. The number of rotatable bonds is 7. The van der Waals surface area contributed by atoms with Gasteiger partial charge >= 0.3 is 5.97 Å². The molecule has 0 fully saturated rings. The van der Waals surface area contributed by atoms with Crippen LogP contribution < -0.4 is 11.0 Å². The van der Waals surface area contributed by atoms with Gasteiger partial charge < -0.3 is 5.11 Å². The first-order valence-electron chi connectivity index (χ1n) is 9.99. The van der Waals surface area contributed by atoms with Crippen molar-refractivity contribution in [2.75, 3.05) is 5.75 Å². The van der Waals surface area contributed by atoms with E-state index in [9.17, 15) is 19.5 Å². The second-order valence-corrected chi connectivity index (χ2v) is 8.38. The lowest BCUT2D eigenvalue weighted by Gasteiger charge is -2.13. The van der Waals surface area contributed by atoms with Gasteiger partial charge in [0.05, 0.1) is 34.1 Å². The third-order valence-electron chi connectivity index (χ3n) is 4.75. The van der Waals surface area contributed by atoms with Crippen molar-refractivity contribution in [1.29, 1.82) is 0 Å². The van der Waals surface area contributed by atoms with Gasteiger partial charge in [-0.25, -0.2) is 15.2 Å². The van der Waals surface area contributed by atoms with Crippen molar-refractivity contribution in [2.24, 2.45) is 5.10 Å². The first-order chi connectivity index (χ1) is 16.4. The van der Waals surface area contributed by atoms with Crippen molar-refractivity contribution in [2.45, 2.75) is 5.16 Å². The smallest absolute Gasteiger partial charge is 0.336 e. The summed E-state index contributed by atoms with van der Waals surface area (Å²) in [4.78, 5) is 41.4. The van der Waals surface area contributed by atoms with E-state index in [1.807, 2.05) is 0 Å². The van der Waals surface area contributed by atoms with Crippen molar-refractivity contribution in [1.82, 2.24) is 15.0 Å². The number of carbonyl (C=O) groups excluding carboxylic acids is 1. The Morgan fingerprint density at radius 1 is 1.06 bits per heavy atom. The van der Waals surface area contributed by atoms with Crippen molar-refractivity contribution >= 4 is 52.4 Å². The molecule has 8 nitrogen and oxygen atoms in total. The van der Waals surface area contributed by atoms with Crippen LogP contribution >= 0.6 is 23.4 Å². The number of para-hydroxylation sites is 1. The molecular weight excluding hydrogens is 476 g/mol. The van der Waals surface area contributed by atoms with Crippen LogP contribution in [0.2, 0.25) is 5.02 Å². The maximum absolute atomic E-state index is 13.2. The fourth-order valence-corrected chi connectivity index (χ4v) is 4.10. The van der Waals surface area contributed by atoms with Crippen molar-refractivity contribution in [3.05, 3.63) is 99.3 Å². The highest BCUT2D eigenvalue weighted by atomic mass is 35.5. The van der Waals surface area contributed by atoms with Gasteiger partial charge in [0.2, 0.25) is 0 Å². The molecule has 1 heterocycles. The van der Waals surface area contributed by atoms with Crippen LogP contribution in [0.4, 0.5) is 0 Å². The second-order valence-electron chi connectivity index (χ2n) is 7.00. The monoisotopic (exact) mass is 492 g/mol. The highest BCUT2D eigenvalue weighted by Gasteiger charge is 2.15. The molecule has 0 aliphatic heterocycles. The molecule has 0 saturated carbocycles. The standard InChI is InChI=1S/C24H17ClN4O4S/c25-16-9-11-17(12-10-16)29-22(31)19-7-3-4-8-20(19)27-24(29)34-14-21(30)28-26-13-15-5-1-2-6-18(15)23(32)33/h1-13H,14H2,(H,28,30)(H,32,33)/b26-13+. The van der Waals surface area contributed by atoms with Gasteiger partial charge in [0.1, 0.15) is 0 Å². The number of fused-ring (bicyclic) bond motifs is 1. The number of carboxylic acids is 1. The molecule has 3 aromatic carbocycles. The first kappa shape index (κ1) is 23.2. The Labute approximate surface area is 202 Å². The number of benzene rings is 3. The zero-order valence-electron chi connectivity index (χ0n) is 17.5. The zero-order valence-corrected chi connectivity index (χ0v) is 19.1. The third kappa shape index (κ3) is 5.16. The van der Waals surface area contributed by atoms with Crippen molar-refractivity contribution in [3.63, 3.8) is 0 Å². The molecule has 2 N–H and O–H groups in total. The number of amides is 1. The second kappa shape index (κ2) is 10.3. The Morgan fingerprint density at radius 2 is 1.76 bits per heavy atom. The number of thioether (sulfide) groups is 1. The molecule has 10 heteroatoms. The normalized spacial score (nSPS) is 11.1. The van der Waals surface area contributed by atoms with Crippen LogP contribution in [0.5, 0.6) is 0 Å². The number of halogens is 1. The summed E-state index contributed by atoms with van der Waals surface area (Å²) in [7, 11) is 0. The number of carbonyl (C=O) groups is 2. The molecule has 0 unspecified atom stereocenters. The number of nitrogens with zero attached hydrogens (tertiary/aromatic N) is 3. The van der Waals surface area contributed by atoms with E-state index in [2.05, 4.69) is 15.5 Å². The van der Waals surface area contributed by atoms with E-state index >= 15 is 0 Å². The Balaban J connectivity index is 1.56. The van der Waals surface area contributed by atoms with Crippen molar-refractivity contribution in [3.8, 4) is 5.69 Å². The molecule has 0 atom stereocenters. The molecule has 4 rings (SSSR count). The fourth-order valence-electron chi connectivity index (χ4n) is 3.17. The predicted molar refractivity (Wildman–Crippen MR) is 132 cm³/mol. The lowest BCUT2D eigenvalue weighted by Crippen LogP contribution is -2.24. The lowest BCUT2D eigenvalue weighted by molar-refractivity contribution is -0.118. The molecule has 0 spiro atoms. The average molecular weight is 493 g/mol. The minimum absolute atomic E-state index is 0.0715. The van der Waals surface area contributed by atoms with E-state index in [4.69, 9.17) is 11.6 Å². The molecule has 0 aliphatic carbocycles. The summed E-state index contributed by atoms with van der Waals surface area (Å²) in [5.41, 5.74) is 3.62. The summed E-state index contributed by atoms with van der Waals surface area (Å²) in [6.45, 7) is 0. The topological polar surface area (TPSA) is 114 Å². The van der Waals surface area contributed by atoms with Gasteiger partial charge in [0.25, 0.3) is 11.5 Å². The minimum Gasteiger partial charge on any atom is -0.478 e. The van der Waals surface area contributed by atoms with E-state index in [0.29, 0.717) is 32.3 Å². The van der Waals surface area contributed by atoms with Crippen LogP contribution in [0.25, 0.3) is 16.6 Å². The molecule has 1 aromatic heterocycles. The Hall–Kier alpha value is -3.95. The van der Waals surface area contributed by atoms with Crippen LogP contribution in [0, 0.1) is 0 Å². The molecule has 34 heavy (non-hydrogen) atoms. The SMILES string of the molecule is O=C(CSc1nc2ccccc2c(=O)n1-c1ccc(Cl)cc1)N/N=C/c1ccccc1C(=O)O. The first-order valence-corrected chi connectivity index (χ1v) is 11.3. The summed E-state index contributed by atoms with van der Waals surface area (Å²) in [5.74, 6) is -1.61. The Bertz CT molecular complexity index is 1470. The maximum Gasteiger partial charge on any atom is 0.336 e. The summed E-state index contributed by atoms with van der Waals surface area (Å²) in [5, 5.41) is 14.4. The molecule has 0 bridgehead atoms. The van der Waals surface area contributed by atoms with Crippen LogP contribution in [0.3, 0.4) is 0 Å². The predicted octanol–water partition coefficient (Wildman–Crippen LogP) is 3.98. The number of aromatic carboxylic acids is 1. The quantitative estimate of drug-likeness (QED) is 0.174. The van der Waals surface area contributed by atoms with Crippen LogP contribution in [0.1, 0.15) is 15.9 Å². The minimum atomic E-state index is -1.09. The van der Waals surface area contributed by atoms with Gasteiger partial charge in [0.15, 0.2) is 5.16 Å². The van der Waals surface area contributed by atoms with Crippen molar-refractivity contribution < 1.29 is 14.7 Å². The van der Waals surface area contributed by atoms with E-state index in [1.165, 1.54) is 16.8 Å².